The van der Waals surface area contributed by atoms with Crippen LogP contribution in [0.25, 0.3) is 0 Å². The summed E-state index contributed by atoms with van der Waals surface area (Å²) in [6, 6.07) is 5.84. The van der Waals surface area contributed by atoms with E-state index in [1.54, 1.807) is 9.80 Å². The summed E-state index contributed by atoms with van der Waals surface area (Å²) in [6.07, 6.45) is 0.199. The van der Waals surface area contributed by atoms with Crippen molar-refractivity contribution in [3.63, 3.8) is 0 Å². The van der Waals surface area contributed by atoms with Crippen LogP contribution in [0, 0.1) is 0 Å². The lowest BCUT2D eigenvalue weighted by Crippen LogP contribution is -2.37. The van der Waals surface area contributed by atoms with Gasteiger partial charge >= 0.3 is 12.2 Å². The van der Waals surface area contributed by atoms with Gasteiger partial charge in [0.1, 0.15) is 5.60 Å². The van der Waals surface area contributed by atoms with Crippen LogP contribution in [0.4, 0.5) is 15.3 Å². The van der Waals surface area contributed by atoms with Crippen LogP contribution in [0.3, 0.4) is 0 Å². The quantitative estimate of drug-likeness (QED) is 0.784. The van der Waals surface area contributed by atoms with Crippen molar-refractivity contribution in [2.75, 3.05) is 18.1 Å². The maximum atomic E-state index is 12.4. The van der Waals surface area contributed by atoms with Crippen LogP contribution in [0.5, 0.6) is 0 Å². The van der Waals surface area contributed by atoms with Crippen LogP contribution in [0.1, 0.15) is 51.3 Å². The van der Waals surface area contributed by atoms with Crippen LogP contribution in [0.2, 0.25) is 0 Å². The first-order valence-electron chi connectivity index (χ1n) is 8.33. The molecule has 24 heavy (non-hydrogen) atoms. The number of fused-ring (bicyclic) bond motifs is 1. The molecule has 2 amide bonds. The van der Waals surface area contributed by atoms with Gasteiger partial charge in [-0.1, -0.05) is 6.07 Å². The summed E-state index contributed by atoms with van der Waals surface area (Å²) < 4.78 is 10.6. The zero-order valence-electron chi connectivity index (χ0n) is 14.7. The second kappa shape index (κ2) is 6.00. The molecular formula is C18H24N2O4. The minimum atomic E-state index is -0.520. The Morgan fingerprint density at radius 2 is 2.08 bits per heavy atom. The molecule has 0 aliphatic carbocycles. The number of ether oxygens (including phenoxy) is 2. The van der Waals surface area contributed by atoms with Crippen LogP contribution in [-0.4, -0.2) is 35.8 Å². The van der Waals surface area contributed by atoms with Crippen LogP contribution < -0.4 is 4.90 Å². The van der Waals surface area contributed by atoms with E-state index in [-0.39, 0.29) is 18.2 Å². The van der Waals surface area contributed by atoms with E-state index in [1.807, 2.05) is 45.9 Å². The Morgan fingerprint density at radius 3 is 2.75 bits per heavy atom. The van der Waals surface area contributed by atoms with Crippen molar-refractivity contribution in [3.8, 4) is 0 Å². The van der Waals surface area contributed by atoms with Gasteiger partial charge in [-0.25, -0.2) is 9.59 Å². The number of rotatable bonds is 1. The number of cyclic esters (lactones) is 1. The standard InChI is InChI=1S/C18H24N2O4/c1-12-15-7-6-14(19-8-5-9-23-16(19)21)10-13(15)11-20(12)17(22)24-18(2,3)4/h6-7,10,12H,5,8-9,11H2,1-4H3. The molecule has 0 spiro atoms. The van der Waals surface area contributed by atoms with Gasteiger partial charge in [-0.3, -0.25) is 9.80 Å². The predicted octanol–water partition coefficient (Wildman–Crippen LogP) is 3.85. The van der Waals surface area contributed by atoms with E-state index in [4.69, 9.17) is 9.47 Å². The van der Waals surface area contributed by atoms with E-state index in [2.05, 4.69) is 0 Å². The van der Waals surface area contributed by atoms with Crippen molar-refractivity contribution in [1.29, 1.82) is 0 Å². The van der Waals surface area contributed by atoms with Gasteiger partial charge in [0, 0.05) is 12.2 Å². The van der Waals surface area contributed by atoms with Crippen molar-refractivity contribution in [2.24, 2.45) is 0 Å². The highest BCUT2D eigenvalue weighted by molar-refractivity contribution is 5.88. The van der Waals surface area contributed by atoms with Gasteiger partial charge in [-0.15, -0.1) is 0 Å². The zero-order chi connectivity index (χ0) is 17.5. The number of carbonyl (C=O) groups is 2. The molecule has 1 aromatic rings. The maximum absolute atomic E-state index is 12.4. The molecule has 0 radical (unpaired) electrons. The molecule has 3 rings (SSSR count). The summed E-state index contributed by atoms with van der Waals surface area (Å²) in [5, 5.41) is 0. The van der Waals surface area contributed by atoms with Crippen molar-refractivity contribution in [3.05, 3.63) is 29.3 Å². The molecule has 0 N–H and O–H groups in total. The highest BCUT2D eigenvalue weighted by atomic mass is 16.6. The van der Waals surface area contributed by atoms with Crippen molar-refractivity contribution < 1.29 is 19.1 Å². The van der Waals surface area contributed by atoms with Crippen molar-refractivity contribution in [1.82, 2.24) is 4.90 Å². The fraction of sp³-hybridized carbons (Fsp3) is 0.556. The van der Waals surface area contributed by atoms with Gasteiger partial charge in [0.2, 0.25) is 0 Å². The van der Waals surface area contributed by atoms with Crippen LogP contribution in [0.15, 0.2) is 18.2 Å². The first-order valence-corrected chi connectivity index (χ1v) is 8.33. The first-order chi connectivity index (χ1) is 11.3. The summed E-state index contributed by atoms with van der Waals surface area (Å²) in [4.78, 5) is 27.7. The van der Waals surface area contributed by atoms with Gasteiger partial charge in [0.25, 0.3) is 0 Å². The highest BCUT2D eigenvalue weighted by Crippen LogP contribution is 2.36. The fourth-order valence-electron chi connectivity index (χ4n) is 3.12. The van der Waals surface area contributed by atoms with Crippen LogP contribution in [-0.2, 0) is 16.0 Å². The summed E-state index contributed by atoms with van der Waals surface area (Å²) in [6.45, 7) is 9.19. The predicted molar refractivity (Wildman–Crippen MR) is 89.9 cm³/mol. The lowest BCUT2D eigenvalue weighted by atomic mass is 10.0. The third-order valence-electron chi connectivity index (χ3n) is 4.30. The topological polar surface area (TPSA) is 59.1 Å². The van der Waals surface area contributed by atoms with Crippen molar-refractivity contribution >= 4 is 17.9 Å². The molecule has 0 aromatic heterocycles. The van der Waals surface area contributed by atoms with E-state index in [1.165, 1.54) is 0 Å². The summed E-state index contributed by atoms with van der Waals surface area (Å²) in [5.74, 6) is 0. The van der Waals surface area contributed by atoms with Crippen molar-refractivity contribution in [2.45, 2.75) is 52.3 Å². The SMILES string of the molecule is CC1c2ccc(N3CCCOC3=O)cc2CN1C(=O)OC(C)(C)C. The lowest BCUT2D eigenvalue weighted by molar-refractivity contribution is 0.0187. The van der Waals surface area contributed by atoms with Gasteiger partial charge in [-0.05, 0) is 57.4 Å². The Labute approximate surface area is 142 Å². The Morgan fingerprint density at radius 1 is 1.33 bits per heavy atom. The van der Waals surface area contributed by atoms with E-state index in [9.17, 15) is 9.59 Å². The Balaban J connectivity index is 1.80. The molecule has 6 heteroatoms. The molecule has 2 aliphatic heterocycles. The minimum absolute atomic E-state index is 0.0443. The number of amides is 2. The molecule has 2 aliphatic rings. The number of hydrogen-bond acceptors (Lipinski definition) is 4. The number of benzene rings is 1. The average Bonchev–Trinajstić information content (AvgIpc) is 2.83. The fourth-order valence-corrected chi connectivity index (χ4v) is 3.12. The minimum Gasteiger partial charge on any atom is -0.449 e. The van der Waals surface area contributed by atoms with E-state index < -0.39 is 5.60 Å². The molecule has 1 unspecified atom stereocenters. The highest BCUT2D eigenvalue weighted by Gasteiger charge is 2.34. The largest absolute Gasteiger partial charge is 0.449 e. The number of carbonyl (C=O) groups excluding carboxylic acids is 2. The molecule has 6 nitrogen and oxygen atoms in total. The molecule has 130 valence electrons. The Bertz CT molecular complexity index is 665. The molecular weight excluding hydrogens is 308 g/mol. The Hall–Kier alpha value is -2.24. The molecule has 2 heterocycles. The molecule has 0 saturated carbocycles. The summed E-state index contributed by atoms with van der Waals surface area (Å²) in [7, 11) is 0. The molecule has 1 fully saturated rings. The first kappa shape index (κ1) is 16.6. The summed E-state index contributed by atoms with van der Waals surface area (Å²) in [5.41, 5.74) is 2.43. The molecule has 1 atom stereocenters. The second-order valence-corrected chi connectivity index (χ2v) is 7.29. The number of nitrogens with zero attached hydrogens (tertiary/aromatic N) is 2. The molecule has 0 bridgehead atoms. The van der Waals surface area contributed by atoms with E-state index in [0.717, 1.165) is 23.2 Å². The molecule has 1 saturated heterocycles. The van der Waals surface area contributed by atoms with Gasteiger partial charge in [0.15, 0.2) is 0 Å². The average molecular weight is 332 g/mol. The molecule has 1 aromatic carbocycles. The van der Waals surface area contributed by atoms with Crippen LogP contribution >= 0.6 is 0 Å². The third-order valence-corrected chi connectivity index (χ3v) is 4.30. The zero-order valence-corrected chi connectivity index (χ0v) is 14.7. The second-order valence-electron chi connectivity index (χ2n) is 7.29. The normalized spacial score (nSPS) is 20.7. The number of hydrogen-bond donors (Lipinski definition) is 0. The van der Waals surface area contributed by atoms with E-state index in [0.29, 0.717) is 19.7 Å². The summed E-state index contributed by atoms with van der Waals surface area (Å²) >= 11 is 0. The van der Waals surface area contributed by atoms with Gasteiger partial charge in [-0.2, -0.15) is 0 Å². The number of anilines is 1. The lowest BCUT2D eigenvalue weighted by Gasteiger charge is -2.27. The smallest absolute Gasteiger partial charge is 0.414 e. The van der Waals surface area contributed by atoms with Gasteiger partial charge < -0.3 is 9.47 Å². The van der Waals surface area contributed by atoms with Gasteiger partial charge in [0.05, 0.1) is 19.2 Å². The van der Waals surface area contributed by atoms with E-state index >= 15 is 0 Å². The monoisotopic (exact) mass is 332 g/mol. The Kier molecular flexibility index (Phi) is 4.15. The maximum Gasteiger partial charge on any atom is 0.414 e. The third kappa shape index (κ3) is 3.18.